The van der Waals surface area contributed by atoms with Gasteiger partial charge < -0.3 is 20.6 Å². The normalized spacial score (nSPS) is 18.9. The van der Waals surface area contributed by atoms with Crippen molar-refractivity contribution in [3.05, 3.63) is 0 Å². The van der Waals surface area contributed by atoms with Crippen molar-refractivity contribution in [2.24, 2.45) is 0 Å². The first-order chi connectivity index (χ1) is 10.1. The van der Waals surface area contributed by atoms with Crippen molar-refractivity contribution < 1.29 is 5.11 Å². The van der Waals surface area contributed by atoms with Crippen molar-refractivity contribution in [3.8, 4) is 0 Å². The van der Waals surface area contributed by atoms with Crippen molar-refractivity contribution in [1.29, 1.82) is 0 Å². The minimum absolute atomic E-state index is 0.0470. The summed E-state index contributed by atoms with van der Waals surface area (Å²) < 4.78 is 0. The highest BCUT2D eigenvalue weighted by atomic mass is 32.2. The van der Waals surface area contributed by atoms with Crippen LogP contribution >= 0.6 is 11.8 Å². The summed E-state index contributed by atoms with van der Waals surface area (Å²) in [5, 5.41) is 15.7. The van der Waals surface area contributed by atoms with Crippen LogP contribution in [-0.2, 0) is 0 Å². The quantitative estimate of drug-likeness (QED) is 0.718. The van der Waals surface area contributed by atoms with Crippen LogP contribution in [-0.4, -0.2) is 63.3 Å². The van der Waals surface area contributed by atoms with E-state index in [1.54, 1.807) is 0 Å². The SMILES string of the molecule is CC(C)Nc1nc(NCCO)nc(N2CCS[C@@H](C)C2)n1. The Balaban J connectivity index is 2.20. The van der Waals surface area contributed by atoms with E-state index in [1.807, 2.05) is 25.6 Å². The second kappa shape index (κ2) is 7.65. The maximum atomic E-state index is 8.93. The third-order valence-electron chi connectivity index (χ3n) is 2.96. The van der Waals surface area contributed by atoms with Gasteiger partial charge in [0.15, 0.2) is 0 Å². The summed E-state index contributed by atoms with van der Waals surface area (Å²) in [5.41, 5.74) is 0. The molecule has 2 heterocycles. The molecule has 3 N–H and O–H groups in total. The van der Waals surface area contributed by atoms with Crippen molar-refractivity contribution in [1.82, 2.24) is 15.0 Å². The minimum Gasteiger partial charge on any atom is -0.395 e. The van der Waals surface area contributed by atoms with Crippen molar-refractivity contribution in [3.63, 3.8) is 0 Å². The van der Waals surface area contributed by atoms with Gasteiger partial charge in [0.1, 0.15) is 0 Å². The first-order valence-electron chi connectivity index (χ1n) is 7.32. The van der Waals surface area contributed by atoms with Crippen molar-refractivity contribution >= 4 is 29.6 Å². The number of aromatic nitrogens is 3. The molecule has 0 radical (unpaired) electrons. The van der Waals surface area contributed by atoms with Crippen LogP contribution in [0.1, 0.15) is 20.8 Å². The number of nitrogens with zero attached hydrogens (tertiary/aromatic N) is 4. The summed E-state index contributed by atoms with van der Waals surface area (Å²) in [6.45, 7) is 8.67. The maximum Gasteiger partial charge on any atom is 0.232 e. The van der Waals surface area contributed by atoms with Gasteiger partial charge in [-0.1, -0.05) is 6.92 Å². The molecule has 7 nitrogen and oxygen atoms in total. The Morgan fingerprint density at radius 1 is 1.33 bits per heavy atom. The third kappa shape index (κ3) is 4.89. The van der Waals surface area contributed by atoms with Crippen LogP contribution in [0.5, 0.6) is 0 Å². The Labute approximate surface area is 130 Å². The summed E-state index contributed by atoms with van der Waals surface area (Å²) in [7, 11) is 0. The number of nitrogens with one attached hydrogen (secondary N) is 2. The summed E-state index contributed by atoms with van der Waals surface area (Å²) in [5.74, 6) is 2.85. The number of aliphatic hydroxyl groups is 1. The van der Waals surface area contributed by atoms with Gasteiger partial charge in [0, 0.05) is 36.7 Å². The number of anilines is 3. The van der Waals surface area contributed by atoms with E-state index in [-0.39, 0.29) is 12.6 Å². The zero-order valence-corrected chi connectivity index (χ0v) is 13.7. The fourth-order valence-electron chi connectivity index (χ4n) is 2.08. The molecule has 0 saturated carbocycles. The summed E-state index contributed by atoms with van der Waals surface area (Å²) in [6.07, 6.45) is 0. The third-order valence-corrected chi connectivity index (χ3v) is 4.10. The van der Waals surface area contributed by atoms with Crippen LogP contribution in [0.3, 0.4) is 0 Å². The molecule has 1 aromatic heterocycles. The topological polar surface area (TPSA) is 86.2 Å². The highest BCUT2D eigenvalue weighted by Crippen LogP contribution is 2.22. The van der Waals surface area contributed by atoms with E-state index in [4.69, 9.17) is 5.11 Å². The molecule has 118 valence electrons. The zero-order chi connectivity index (χ0) is 15.2. The van der Waals surface area contributed by atoms with E-state index in [9.17, 15) is 0 Å². The van der Waals surface area contributed by atoms with Gasteiger partial charge in [-0.15, -0.1) is 0 Å². The highest BCUT2D eigenvalue weighted by molar-refractivity contribution is 8.00. The lowest BCUT2D eigenvalue weighted by Gasteiger charge is -2.30. The number of rotatable bonds is 6. The summed E-state index contributed by atoms with van der Waals surface area (Å²) >= 11 is 1.97. The molecule has 2 rings (SSSR count). The average molecular weight is 312 g/mol. The molecule has 1 aliphatic heterocycles. The predicted molar refractivity (Wildman–Crippen MR) is 88.3 cm³/mol. The lowest BCUT2D eigenvalue weighted by atomic mass is 10.4. The van der Waals surface area contributed by atoms with E-state index >= 15 is 0 Å². The number of thioether (sulfide) groups is 1. The first-order valence-corrected chi connectivity index (χ1v) is 8.37. The van der Waals surface area contributed by atoms with Gasteiger partial charge >= 0.3 is 0 Å². The van der Waals surface area contributed by atoms with Gasteiger partial charge in [-0.05, 0) is 13.8 Å². The Bertz CT molecular complexity index is 458. The van der Waals surface area contributed by atoms with Gasteiger partial charge in [-0.3, -0.25) is 0 Å². The van der Waals surface area contributed by atoms with Crippen LogP contribution in [0.4, 0.5) is 17.8 Å². The van der Waals surface area contributed by atoms with Gasteiger partial charge in [-0.2, -0.15) is 26.7 Å². The molecule has 0 spiro atoms. The summed E-state index contributed by atoms with van der Waals surface area (Å²) in [4.78, 5) is 15.5. The fraction of sp³-hybridized carbons (Fsp3) is 0.769. The van der Waals surface area contributed by atoms with Crippen LogP contribution < -0.4 is 15.5 Å². The predicted octanol–water partition coefficient (Wildman–Crippen LogP) is 1.04. The number of hydrogen-bond acceptors (Lipinski definition) is 8. The molecular formula is C13H24N6OS. The fourth-order valence-corrected chi connectivity index (χ4v) is 3.09. The molecule has 1 aliphatic rings. The van der Waals surface area contributed by atoms with E-state index in [1.165, 1.54) is 0 Å². The smallest absolute Gasteiger partial charge is 0.232 e. The summed E-state index contributed by atoms with van der Waals surface area (Å²) in [6, 6.07) is 0.252. The Kier molecular flexibility index (Phi) is 5.86. The Morgan fingerprint density at radius 2 is 2.10 bits per heavy atom. The van der Waals surface area contributed by atoms with E-state index in [0.29, 0.717) is 29.6 Å². The Hall–Kier alpha value is -1.28. The van der Waals surface area contributed by atoms with Crippen LogP contribution in [0.15, 0.2) is 0 Å². The molecule has 1 aromatic rings. The molecular weight excluding hydrogens is 288 g/mol. The lowest BCUT2D eigenvalue weighted by molar-refractivity contribution is 0.311. The first kappa shape index (κ1) is 16.1. The molecule has 8 heteroatoms. The standard InChI is InChI=1S/C13H24N6OS/c1-9(2)15-12-16-11(14-4-6-20)17-13(18-12)19-5-7-21-10(3)8-19/h9-10,20H,4-8H2,1-3H3,(H2,14,15,16,17,18)/t10-/m0/s1. The largest absolute Gasteiger partial charge is 0.395 e. The molecule has 1 fully saturated rings. The molecule has 1 atom stereocenters. The average Bonchev–Trinajstić information content (AvgIpc) is 2.44. The van der Waals surface area contributed by atoms with Gasteiger partial charge in [0.05, 0.1) is 6.61 Å². The van der Waals surface area contributed by atoms with Crippen LogP contribution in [0.25, 0.3) is 0 Å². The van der Waals surface area contributed by atoms with E-state index in [2.05, 4.69) is 37.4 Å². The van der Waals surface area contributed by atoms with Gasteiger partial charge in [0.25, 0.3) is 0 Å². The van der Waals surface area contributed by atoms with Crippen LogP contribution in [0, 0.1) is 0 Å². The maximum absolute atomic E-state index is 8.93. The molecule has 0 aromatic carbocycles. The molecule has 1 saturated heterocycles. The second-order valence-electron chi connectivity index (χ2n) is 5.36. The lowest BCUT2D eigenvalue weighted by Crippen LogP contribution is -2.38. The van der Waals surface area contributed by atoms with Crippen molar-refractivity contribution in [2.45, 2.75) is 32.1 Å². The molecule has 0 amide bonds. The van der Waals surface area contributed by atoms with E-state index < -0.39 is 0 Å². The van der Waals surface area contributed by atoms with E-state index in [0.717, 1.165) is 18.8 Å². The van der Waals surface area contributed by atoms with Gasteiger partial charge in [0.2, 0.25) is 17.8 Å². The minimum atomic E-state index is 0.0470. The Morgan fingerprint density at radius 3 is 2.76 bits per heavy atom. The molecule has 0 bridgehead atoms. The van der Waals surface area contributed by atoms with Crippen molar-refractivity contribution in [2.75, 3.05) is 47.5 Å². The second-order valence-corrected chi connectivity index (χ2v) is 6.91. The van der Waals surface area contributed by atoms with Gasteiger partial charge in [-0.25, -0.2) is 0 Å². The number of hydrogen-bond donors (Lipinski definition) is 3. The molecule has 0 aliphatic carbocycles. The molecule has 21 heavy (non-hydrogen) atoms. The number of aliphatic hydroxyl groups excluding tert-OH is 1. The zero-order valence-electron chi connectivity index (χ0n) is 12.8. The molecule has 0 unspecified atom stereocenters. The van der Waals surface area contributed by atoms with Crippen LogP contribution in [0.2, 0.25) is 0 Å². The highest BCUT2D eigenvalue weighted by Gasteiger charge is 2.20. The monoisotopic (exact) mass is 312 g/mol.